The number of guanidine groups is 1. The molecule has 164 valence electrons. The van der Waals surface area contributed by atoms with Crippen molar-refractivity contribution in [2.75, 3.05) is 39.8 Å². The largest absolute Gasteiger partial charge is 0.484 e. The molecule has 0 spiro atoms. The Morgan fingerprint density at radius 3 is 2.34 bits per heavy atom. The fraction of sp³-hybridized carbons (Fsp3) is 0.611. The van der Waals surface area contributed by atoms with Crippen LogP contribution in [0.25, 0.3) is 0 Å². The molecule has 1 saturated heterocycles. The molecule has 1 aliphatic rings. The molecule has 0 radical (unpaired) electrons. The van der Waals surface area contributed by atoms with E-state index in [4.69, 9.17) is 4.74 Å². The zero-order valence-corrected chi connectivity index (χ0v) is 16.1. The zero-order valence-electron chi connectivity index (χ0n) is 16.1. The number of benzene rings is 1. The van der Waals surface area contributed by atoms with Crippen LogP contribution in [0.4, 0.5) is 26.3 Å². The molecule has 1 atom stereocenters. The number of hydrogen-bond acceptors (Lipinski definition) is 3. The second-order valence-electron chi connectivity index (χ2n) is 6.69. The molecule has 1 heterocycles. The van der Waals surface area contributed by atoms with Crippen LogP contribution >= 0.6 is 0 Å². The van der Waals surface area contributed by atoms with E-state index < -0.39 is 25.0 Å². The molecular formula is C18H24F6N4O. The van der Waals surface area contributed by atoms with Gasteiger partial charge in [0, 0.05) is 39.8 Å². The molecule has 1 aromatic rings. The molecule has 1 fully saturated rings. The highest BCUT2D eigenvalue weighted by Crippen LogP contribution is 2.25. The van der Waals surface area contributed by atoms with Gasteiger partial charge in [-0.25, -0.2) is 0 Å². The first-order valence-electron chi connectivity index (χ1n) is 9.04. The number of rotatable bonds is 5. The lowest BCUT2D eigenvalue weighted by Crippen LogP contribution is -2.56. The summed E-state index contributed by atoms with van der Waals surface area (Å²) in [6.45, 7) is 1.34. The summed E-state index contributed by atoms with van der Waals surface area (Å²) in [4.78, 5) is 7.38. The lowest BCUT2D eigenvalue weighted by molar-refractivity contribution is -0.181. The third kappa shape index (κ3) is 7.30. The van der Waals surface area contributed by atoms with E-state index in [0.717, 1.165) is 6.92 Å². The highest BCUT2D eigenvalue weighted by molar-refractivity contribution is 5.80. The summed E-state index contributed by atoms with van der Waals surface area (Å²) in [6.07, 6.45) is -8.68. The molecule has 1 unspecified atom stereocenters. The van der Waals surface area contributed by atoms with Gasteiger partial charge in [-0.05, 0) is 24.6 Å². The van der Waals surface area contributed by atoms with E-state index in [1.165, 1.54) is 17.0 Å². The lowest BCUT2D eigenvalue weighted by Gasteiger charge is -2.39. The van der Waals surface area contributed by atoms with Crippen LogP contribution in [-0.4, -0.2) is 74.0 Å². The van der Waals surface area contributed by atoms with Crippen LogP contribution in [0.15, 0.2) is 29.3 Å². The van der Waals surface area contributed by atoms with Gasteiger partial charge in [0.1, 0.15) is 11.8 Å². The Balaban J connectivity index is 1.87. The predicted molar refractivity (Wildman–Crippen MR) is 96.9 cm³/mol. The van der Waals surface area contributed by atoms with Gasteiger partial charge in [0.05, 0.1) is 0 Å². The van der Waals surface area contributed by atoms with Crippen molar-refractivity contribution < 1.29 is 31.1 Å². The standard InChI is InChI=1S/C18H24F6N4O/c1-13(18(22,23)24)27-6-8-28(9-7-27)16(25-2)26-11-14-4-3-5-15(10-14)29-12-17(19,20)21/h3-5,10,13H,6-9,11-12H2,1-2H3,(H,25,26). The minimum absolute atomic E-state index is 0.103. The molecule has 0 aliphatic carbocycles. The fourth-order valence-corrected chi connectivity index (χ4v) is 2.95. The Morgan fingerprint density at radius 1 is 1.14 bits per heavy atom. The van der Waals surface area contributed by atoms with Gasteiger partial charge in [0.2, 0.25) is 0 Å². The highest BCUT2D eigenvalue weighted by atomic mass is 19.4. The maximum Gasteiger partial charge on any atom is 0.422 e. The summed E-state index contributed by atoms with van der Waals surface area (Å²) in [5.74, 6) is 0.622. The Bertz CT molecular complexity index is 684. The van der Waals surface area contributed by atoms with Crippen molar-refractivity contribution in [3.8, 4) is 5.75 Å². The SMILES string of the molecule is CN=C(NCc1cccc(OCC(F)(F)F)c1)N1CCN(C(C)C(F)(F)F)CC1. The normalized spacial score (nSPS) is 17.9. The molecular weight excluding hydrogens is 402 g/mol. The van der Waals surface area contributed by atoms with E-state index in [2.05, 4.69) is 10.3 Å². The van der Waals surface area contributed by atoms with Gasteiger partial charge in [-0.2, -0.15) is 26.3 Å². The minimum Gasteiger partial charge on any atom is -0.484 e. The van der Waals surface area contributed by atoms with E-state index in [1.54, 1.807) is 19.2 Å². The average Bonchev–Trinajstić information content (AvgIpc) is 2.66. The maximum atomic E-state index is 12.9. The van der Waals surface area contributed by atoms with Crippen molar-refractivity contribution in [3.05, 3.63) is 29.8 Å². The molecule has 29 heavy (non-hydrogen) atoms. The number of nitrogens with zero attached hydrogens (tertiary/aromatic N) is 3. The van der Waals surface area contributed by atoms with Crippen molar-refractivity contribution >= 4 is 5.96 Å². The Hall–Kier alpha value is -2.17. The fourth-order valence-electron chi connectivity index (χ4n) is 2.95. The van der Waals surface area contributed by atoms with E-state index >= 15 is 0 Å². The van der Waals surface area contributed by atoms with Crippen LogP contribution in [-0.2, 0) is 6.54 Å². The van der Waals surface area contributed by atoms with Crippen LogP contribution < -0.4 is 10.1 Å². The van der Waals surface area contributed by atoms with Crippen molar-refractivity contribution in [1.82, 2.24) is 15.1 Å². The summed E-state index contributed by atoms with van der Waals surface area (Å²) in [5, 5.41) is 3.09. The predicted octanol–water partition coefficient (Wildman–Crippen LogP) is 3.27. The number of halogens is 6. The van der Waals surface area contributed by atoms with Gasteiger partial charge in [0.15, 0.2) is 12.6 Å². The van der Waals surface area contributed by atoms with Gasteiger partial charge in [-0.15, -0.1) is 0 Å². The van der Waals surface area contributed by atoms with Gasteiger partial charge in [-0.1, -0.05) is 12.1 Å². The zero-order chi connectivity index (χ0) is 21.7. The monoisotopic (exact) mass is 426 g/mol. The first-order chi connectivity index (χ1) is 13.5. The third-order valence-corrected chi connectivity index (χ3v) is 4.60. The highest BCUT2D eigenvalue weighted by Gasteiger charge is 2.41. The smallest absolute Gasteiger partial charge is 0.422 e. The van der Waals surface area contributed by atoms with Gasteiger partial charge in [0.25, 0.3) is 0 Å². The molecule has 1 N–H and O–H groups in total. The topological polar surface area (TPSA) is 40.1 Å². The van der Waals surface area contributed by atoms with Crippen LogP contribution in [0.1, 0.15) is 12.5 Å². The van der Waals surface area contributed by atoms with Crippen LogP contribution in [0, 0.1) is 0 Å². The lowest BCUT2D eigenvalue weighted by atomic mass is 10.2. The van der Waals surface area contributed by atoms with Crippen LogP contribution in [0.5, 0.6) is 5.75 Å². The van der Waals surface area contributed by atoms with E-state index in [-0.39, 0.29) is 25.4 Å². The number of nitrogens with one attached hydrogen (secondary N) is 1. The number of aliphatic imine (C=N–C) groups is 1. The van der Waals surface area contributed by atoms with Crippen molar-refractivity contribution in [2.45, 2.75) is 31.9 Å². The number of hydrogen-bond donors (Lipinski definition) is 1. The van der Waals surface area contributed by atoms with Gasteiger partial charge < -0.3 is 15.0 Å². The number of piperazine rings is 1. The number of ether oxygens (including phenoxy) is 1. The summed E-state index contributed by atoms with van der Waals surface area (Å²) in [6, 6.07) is 4.74. The second kappa shape index (κ2) is 9.55. The van der Waals surface area contributed by atoms with Gasteiger partial charge >= 0.3 is 12.4 Å². The van der Waals surface area contributed by atoms with E-state index in [1.807, 2.05) is 4.90 Å². The third-order valence-electron chi connectivity index (χ3n) is 4.60. The quantitative estimate of drug-likeness (QED) is 0.446. The molecule has 0 amide bonds. The van der Waals surface area contributed by atoms with Crippen molar-refractivity contribution in [2.24, 2.45) is 4.99 Å². The maximum absolute atomic E-state index is 12.9. The summed E-state index contributed by atoms with van der Waals surface area (Å²) >= 11 is 0. The van der Waals surface area contributed by atoms with Crippen molar-refractivity contribution in [3.63, 3.8) is 0 Å². The first-order valence-corrected chi connectivity index (χ1v) is 9.04. The van der Waals surface area contributed by atoms with E-state index in [9.17, 15) is 26.3 Å². The second-order valence-corrected chi connectivity index (χ2v) is 6.69. The molecule has 5 nitrogen and oxygen atoms in total. The Morgan fingerprint density at radius 2 is 1.79 bits per heavy atom. The van der Waals surface area contributed by atoms with Gasteiger partial charge in [-0.3, -0.25) is 9.89 Å². The molecule has 0 saturated carbocycles. The summed E-state index contributed by atoms with van der Waals surface area (Å²) < 4.78 is 80.1. The summed E-state index contributed by atoms with van der Waals surface area (Å²) in [7, 11) is 1.57. The van der Waals surface area contributed by atoms with Crippen molar-refractivity contribution in [1.29, 1.82) is 0 Å². The van der Waals surface area contributed by atoms with Crippen LogP contribution in [0.3, 0.4) is 0 Å². The molecule has 11 heteroatoms. The number of alkyl halides is 6. The van der Waals surface area contributed by atoms with Crippen LogP contribution in [0.2, 0.25) is 0 Å². The first kappa shape index (κ1) is 23.1. The Labute approximate surface area is 165 Å². The Kier molecular flexibility index (Phi) is 7.61. The molecule has 2 rings (SSSR count). The molecule has 0 aromatic heterocycles. The minimum atomic E-state index is -4.41. The summed E-state index contributed by atoms with van der Waals surface area (Å²) in [5.41, 5.74) is 0.690. The molecule has 1 aliphatic heterocycles. The average molecular weight is 426 g/mol. The molecule has 0 bridgehead atoms. The molecule has 1 aromatic carbocycles. The van der Waals surface area contributed by atoms with E-state index in [0.29, 0.717) is 24.6 Å².